The predicted molar refractivity (Wildman–Crippen MR) is 137 cm³/mol. The minimum Gasteiger partial charge on any atom is -0.368 e. The molecule has 0 spiro atoms. The largest absolute Gasteiger partial charge is 0.416 e. The van der Waals surface area contributed by atoms with Crippen LogP contribution in [0, 0.1) is 5.92 Å². The van der Waals surface area contributed by atoms with Crippen LogP contribution >= 0.6 is 11.6 Å². The van der Waals surface area contributed by atoms with Crippen molar-refractivity contribution in [3.63, 3.8) is 0 Å². The van der Waals surface area contributed by atoms with Crippen molar-refractivity contribution in [3.8, 4) is 0 Å². The Morgan fingerprint density at radius 2 is 1.78 bits per heavy atom. The van der Waals surface area contributed by atoms with E-state index >= 15 is 0 Å². The summed E-state index contributed by atoms with van der Waals surface area (Å²) in [6.07, 6.45) is -2.96. The molecule has 0 radical (unpaired) electrons. The molecule has 0 saturated carbocycles. The smallest absolute Gasteiger partial charge is 0.368 e. The number of hydrogen-bond acceptors (Lipinski definition) is 4. The fraction of sp³-hybridized carbons (Fsp3) is 0.519. The van der Waals surface area contributed by atoms with Gasteiger partial charge in [-0.3, -0.25) is 4.79 Å². The number of nitrogens with one attached hydrogen (secondary N) is 1. The number of benzene rings is 2. The molecule has 4 rings (SSSR count). The van der Waals surface area contributed by atoms with Gasteiger partial charge in [0.05, 0.1) is 11.6 Å². The lowest BCUT2D eigenvalue weighted by molar-refractivity contribution is -0.137. The zero-order chi connectivity index (χ0) is 26.0. The summed E-state index contributed by atoms with van der Waals surface area (Å²) in [5.41, 5.74) is 8.02. The summed E-state index contributed by atoms with van der Waals surface area (Å²) in [7, 11) is 0. The molecule has 0 bridgehead atoms. The second-order valence-electron chi connectivity index (χ2n) is 10.2. The molecule has 2 heterocycles. The van der Waals surface area contributed by atoms with Crippen molar-refractivity contribution in [2.45, 2.75) is 50.9 Å². The summed E-state index contributed by atoms with van der Waals surface area (Å²) in [5, 5.41) is 4.03. The number of rotatable bonds is 6. The number of carbonyl (C=O) groups is 1. The average molecular weight is 523 g/mol. The van der Waals surface area contributed by atoms with Gasteiger partial charge in [-0.1, -0.05) is 37.6 Å². The van der Waals surface area contributed by atoms with Crippen LogP contribution in [0.15, 0.2) is 42.5 Å². The Morgan fingerprint density at radius 3 is 2.39 bits per heavy atom. The third kappa shape index (κ3) is 5.98. The lowest BCUT2D eigenvalue weighted by atomic mass is 9.91. The molecule has 0 unspecified atom stereocenters. The van der Waals surface area contributed by atoms with Gasteiger partial charge in [0.25, 0.3) is 0 Å². The van der Waals surface area contributed by atoms with E-state index < -0.39 is 17.8 Å². The lowest BCUT2D eigenvalue weighted by Crippen LogP contribution is -2.54. The van der Waals surface area contributed by atoms with Crippen LogP contribution in [-0.4, -0.2) is 49.6 Å². The maximum atomic E-state index is 13.4. The summed E-state index contributed by atoms with van der Waals surface area (Å²) in [4.78, 5) is 17.3. The van der Waals surface area contributed by atoms with Crippen molar-refractivity contribution in [3.05, 3.63) is 64.2 Å². The van der Waals surface area contributed by atoms with E-state index in [0.717, 1.165) is 30.3 Å². The van der Waals surface area contributed by atoms with Crippen LogP contribution in [0.2, 0.25) is 5.02 Å². The molecule has 2 aromatic carbocycles. The third-order valence-corrected chi connectivity index (χ3v) is 7.45. The Hall–Kier alpha value is -2.29. The zero-order valence-corrected chi connectivity index (χ0v) is 21.4. The van der Waals surface area contributed by atoms with E-state index in [0.29, 0.717) is 43.2 Å². The minimum absolute atomic E-state index is 0.0660. The van der Waals surface area contributed by atoms with Gasteiger partial charge in [-0.15, -0.1) is 0 Å². The Balaban J connectivity index is 1.47. The first-order valence-corrected chi connectivity index (χ1v) is 12.9. The van der Waals surface area contributed by atoms with E-state index in [4.69, 9.17) is 17.3 Å². The summed E-state index contributed by atoms with van der Waals surface area (Å²) in [6.45, 7) is 6.87. The van der Waals surface area contributed by atoms with Crippen molar-refractivity contribution in [1.29, 1.82) is 0 Å². The molecule has 5 nitrogen and oxygen atoms in total. The van der Waals surface area contributed by atoms with E-state index in [1.165, 1.54) is 12.1 Å². The molecule has 2 aliphatic heterocycles. The van der Waals surface area contributed by atoms with E-state index in [1.807, 2.05) is 43.0 Å². The molecule has 3 atom stereocenters. The normalized spacial score (nSPS) is 21.8. The molecule has 2 aromatic rings. The summed E-state index contributed by atoms with van der Waals surface area (Å²) in [6, 6.07) is 10.7. The molecule has 1 amide bonds. The van der Waals surface area contributed by atoms with Gasteiger partial charge in [-0.25, -0.2) is 0 Å². The number of nitrogens with zero attached hydrogens (tertiary/aromatic N) is 2. The first-order valence-electron chi connectivity index (χ1n) is 12.5. The van der Waals surface area contributed by atoms with Gasteiger partial charge in [-0.2, -0.15) is 13.2 Å². The number of anilines is 1. The molecule has 2 saturated heterocycles. The van der Waals surface area contributed by atoms with Gasteiger partial charge in [0, 0.05) is 48.8 Å². The van der Waals surface area contributed by atoms with Crippen molar-refractivity contribution < 1.29 is 18.0 Å². The molecule has 9 heteroatoms. The molecular weight excluding hydrogens is 489 g/mol. The van der Waals surface area contributed by atoms with Crippen molar-refractivity contribution in [1.82, 2.24) is 10.2 Å². The van der Waals surface area contributed by atoms with Gasteiger partial charge < -0.3 is 20.9 Å². The second kappa shape index (κ2) is 11.0. The van der Waals surface area contributed by atoms with E-state index in [2.05, 4.69) is 10.2 Å². The van der Waals surface area contributed by atoms with Gasteiger partial charge in [0.1, 0.15) is 0 Å². The highest BCUT2D eigenvalue weighted by molar-refractivity contribution is 6.30. The predicted octanol–water partition coefficient (Wildman–Crippen LogP) is 5.20. The number of hydrogen-bond donors (Lipinski definition) is 2. The highest BCUT2D eigenvalue weighted by Gasteiger charge is 2.38. The SMILES string of the molecule is CC(C)C[C@H](N)c1cc(C(F)(F)F)ccc1N1CCN(C(=O)[C@@H]2NCC[C@@H]2c2ccc(Cl)cc2)CC1. The van der Waals surface area contributed by atoms with Crippen LogP contribution in [0.5, 0.6) is 0 Å². The molecule has 2 aliphatic rings. The molecule has 36 heavy (non-hydrogen) atoms. The number of alkyl halides is 3. The standard InChI is InChI=1S/C27H34ClF3N4O/c1-17(2)15-23(32)22-16-19(27(29,30)31)5-8-24(22)34-11-13-35(14-12-34)26(36)25-21(9-10-33-25)18-3-6-20(28)7-4-18/h3-8,16-17,21,23,25,33H,9-15,32H2,1-2H3/t21-,23+,25-/m1/s1. The third-order valence-electron chi connectivity index (χ3n) is 7.20. The average Bonchev–Trinajstić information content (AvgIpc) is 3.33. The molecule has 196 valence electrons. The second-order valence-corrected chi connectivity index (χ2v) is 10.6. The molecular formula is C27H34ClF3N4O. The van der Waals surface area contributed by atoms with E-state index in [9.17, 15) is 18.0 Å². The molecule has 0 aromatic heterocycles. The highest BCUT2D eigenvalue weighted by atomic mass is 35.5. The summed E-state index contributed by atoms with van der Waals surface area (Å²) >= 11 is 6.03. The topological polar surface area (TPSA) is 61.6 Å². The first kappa shape index (κ1) is 26.8. The van der Waals surface area contributed by atoms with Crippen LogP contribution in [0.4, 0.5) is 18.9 Å². The van der Waals surface area contributed by atoms with Gasteiger partial charge in [0.2, 0.25) is 5.91 Å². The zero-order valence-electron chi connectivity index (χ0n) is 20.7. The van der Waals surface area contributed by atoms with Crippen molar-refractivity contribution in [2.24, 2.45) is 11.7 Å². The number of nitrogens with two attached hydrogens (primary N) is 1. The fourth-order valence-electron chi connectivity index (χ4n) is 5.35. The number of halogens is 4. The van der Waals surface area contributed by atoms with Gasteiger partial charge in [-0.05, 0) is 66.8 Å². The monoisotopic (exact) mass is 522 g/mol. The number of piperazine rings is 1. The number of amides is 1. The minimum atomic E-state index is -4.43. The van der Waals surface area contributed by atoms with E-state index in [1.54, 1.807) is 0 Å². The maximum absolute atomic E-state index is 13.4. The highest BCUT2D eigenvalue weighted by Crippen LogP contribution is 2.37. The fourth-order valence-corrected chi connectivity index (χ4v) is 5.47. The Kier molecular flexibility index (Phi) is 8.17. The van der Waals surface area contributed by atoms with Crippen molar-refractivity contribution >= 4 is 23.2 Å². The Bertz CT molecular complexity index is 1050. The summed E-state index contributed by atoms with van der Waals surface area (Å²) < 4.78 is 40.3. The van der Waals surface area contributed by atoms with E-state index in [-0.39, 0.29) is 23.8 Å². The van der Waals surface area contributed by atoms with Crippen LogP contribution in [0.3, 0.4) is 0 Å². The van der Waals surface area contributed by atoms with Crippen molar-refractivity contribution in [2.75, 3.05) is 37.6 Å². The Labute approximate surface area is 215 Å². The van der Waals surface area contributed by atoms with Crippen LogP contribution in [-0.2, 0) is 11.0 Å². The molecule has 0 aliphatic carbocycles. The maximum Gasteiger partial charge on any atom is 0.416 e. The van der Waals surface area contributed by atoms with Crippen LogP contribution < -0.4 is 16.0 Å². The Morgan fingerprint density at radius 1 is 1.11 bits per heavy atom. The van der Waals surface area contributed by atoms with Crippen LogP contribution in [0.1, 0.15) is 55.3 Å². The first-order chi connectivity index (χ1) is 17.0. The molecule has 3 N–H and O–H groups in total. The molecule has 2 fully saturated rings. The summed E-state index contributed by atoms with van der Waals surface area (Å²) in [5.74, 6) is 0.406. The van der Waals surface area contributed by atoms with Crippen LogP contribution in [0.25, 0.3) is 0 Å². The van der Waals surface area contributed by atoms with Gasteiger partial charge in [0.15, 0.2) is 0 Å². The lowest BCUT2D eigenvalue weighted by Gasteiger charge is -2.39. The van der Waals surface area contributed by atoms with Gasteiger partial charge >= 0.3 is 6.18 Å². The number of carbonyl (C=O) groups excluding carboxylic acids is 1. The quantitative estimate of drug-likeness (QED) is 0.547.